The molecule has 0 amide bonds. The van der Waals surface area contributed by atoms with Gasteiger partial charge in [0, 0.05) is 38.0 Å². The third-order valence-electron chi connectivity index (χ3n) is 6.17. The fourth-order valence-corrected chi connectivity index (χ4v) is 4.23. The molecule has 2 heterocycles. The summed E-state index contributed by atoms with van der Waals surface area (Å²) in [6.07, 6.45) is 4.75. The summed E-state index contributed by atoms with van der Waals surface area (Å²) in [4.78, 5) is 0. The molecule has 1 aliphatic heterocycles. The maximum absolute atomic E-state index is 14.6. The van der Waals surface area contributed by atoms with Crippen LogP contribution < -0.4 is 9.47 Å². The summed E-state index contributed by atoms with van der Waals surface area (Å²) in [6.45, 7) is 0. The summed E-state index contributed by atoms with van der Waals surface area (Å²) in [7, 11) is 1.66. The molecule has 1 aliphatic carbocycles. The number of hydrogen-bond donors (Lipinski definition) is 1. The maximum atomic E-state index is 14.6. The number of nitrogens with zero attached hydrogens (tertiary/aromatic N) is 3. The number of aromatic amines is 1. The molecule has 32 heavy (non-hydrogen) atoms. The Morgan fingerprint density at radius 3 is 2.81 bits per heavy atom. The Hall–Kier alpha value is -3.07. The number of aromatic nitrogens is 4. The summed E-state index contributed by atoms with van der Waals surface area (Å²) < 4.78 is 46.1. The standard InChI is InChI=1S/C23H24F2N4O3/c1-30-16-9-17(10-16)31-18-11-19(23(25)20(24)12-18)13-3-6-21-14(8-13)2-4-15(32-21)5-7-22-26-28-29-27-22/h3,6,8,11-12,15-17H,2,4-5,7,9-10H2,1H3,(H,26,27,28,29)/t15-,16?,17?/m1/s1. The van der Waals surface area contributed by atoms with Crippen molar-refractivity contribution >= 4 is 0 Å². The van der Waals surface area contributed by atoms with Crippen molar-refractivity contribution in [2.75, 3.05) is 7.11 Å². The second-order valence-electron chi connectivity index (χ2n) is 8.30. The predicted molar refractivity (Wildman–Crippen MR) is 111 cm³/mol. The lowest BCUT2D eigenvalue weighted by Gasteiger charge is -2.34. The van der Waals surface area contributed by atoms with Crippen LogP contribution in [0.15, 0.2) is 30.3 Å². The molecule has 1 N–H and O–H groups in total. The quantitative estimate of drug-likeness (QED) is 0.595. The van der Waals surface area contributed by atoms with Crippen LogP contribution in [0.2, 0.25) is 0 Å². The van der Waals surface area contributed by atoms with Crippen LogP contribution in [0, 0.1) is 11.6 Å². The third kappa shape index (κ3) is 4.29. The molecule has 7 nitrogen and oxygen atoms in total. The molecule has 0 spiro atoms. The van der Waals surface area contributed by atoms with E-state index in [9.17, 15) is 8.78 Å². The number of hydrogen-bond acceptors (Lipinski definition) is 6. The van der Waals surface area contributed by atoms with Crippen molar-refractivity contribution in [1.29, 1.82) is 0 Å². The molecule has 2 aliphatic rings. The Labute approximate surface area is 184 Å². The Balaban J connectivity index is 1.30. The molecule has 1 fully saturated rings. The van der Waals surface area contributed by atoms with Gasteiger partial charge in [0.1, 0.15) is 17.6 Å². The number of aryl methyl sites for hydroxylation is 2. The summed E-state index contributed by atoms with van der Waals surface area (Å²) in [5.41, 5.74) is 1.76. The fraction of sp³-hybridized carbons (Fsp3) is 0.435. The molecule has 2 aromatic carbocycles. The minimum atomic E-state index is -0.921. The summed E-state index contributed by atoms with van der Waals surface area (Å²) in [5.74, 6) is -0.0413. The van der Waals surface area contributed by atoms with Gasteiger partial charge >= 0.3 is 0 Å². The van der Waals surface area contributed by atoms with Gasteiger partial charge in [-0.1, -0.05) is 11.3 Å². The third-order valence-corrected chi connectivity index (χ3v) is 6.17. The van der Waals surface area contributed by atoms with E-state index in [1.807, 2.05) is 12.1 Å². The number of fused-ring (bicyclic) bond motifs is 1. The van der Waals surface area contributed by atoms with E-state index in [4.69, 9.17) is 14.2 Å². The van der Waals surface area contributed by atoms with Crippen LogP contribution in [0.1, 0.15) is 37.1 Å². The van der Waals surface area contributed by atoms with Crippen LogP contribution in [0.4, 0.5) is 8.78 Å². The van der Waals surface area contributed by atoms with Gasteiger partial charge in [0.05, 0.1) is 12.2 Å². The molecule has 1 aromatic heterocycles. The molecule has 0 radical (unpaired) electrons. The zero-order valence-corrected chi connectivity index (χ0v) is 17.7. The van der Waals surface area contributed by atoms with E-state index in [2.05, 4.69) is 20.6 Å². The van der Waals surface area contributed by atoms with Gasteiger partial charge in [0.2, 0.25) is 0 Å². The van der Waals surface area contributed by atoms with Crippen LogP contribution in [0.5, 0.6) is 11.5 Å². The molecule has 1 atom stereocenters. The molecular weight excluding hydrogens is 418 g/mol. The second kappa shape index (κ2) is 8.82. The van der Waals surface area contributed by atoms with Gasteiger partial charge in [0.25, 0.3) is 0 Å². The minimum Gasteiger partial charge on any atom is -0.490 e. The van der Waals surface area contributed by atoms with Crippen LogP contribution in [0.3, 0.4) is 0 Å². The number of halogens is 2. The number of ether oxygens (including phenoxy) is 3. The van der Waals surface area contributed by atoms with E-state index in [0.717, 1.165) is 49.5 Å². The highest BCUT2D eigenvalue weighted by Crippen LogP contribution is 2.37. The number of benzene rings is 2. The van der Waals surface area contributed by atoms with Crippen molar-refractivity contribution in [3.05, 3.63) is 53.4 Å². The second-order valence-corrected chi connectivity index (χ2v) is 8.30. The lowest BCUT2D eigenvalue weighted by atomic mass is 9.92. The molecule has 168 valence electrons. The monoisotopic (exact) mass is 442 g/mol. The first-order chi connectivity index (χ1) is 15.6. The average Bonchev–Trinajstić information content (AvgIpc) is 3.30. The molecule has 5 rings (SSSR count). The number of nitrogens with one attached hydrogen (secondary N) is 1. The molecule has 0 unspecified atom stereocenters. The maximum Gasteiger partial charge on any atom is 0.174 e. The number of methoxy groups -OCH3 is 1. The number of rotatable bonds is 7. The molecule has 0 bridgehead atoms. The Bertz CT molecular complexity index is 1090. The van der Waals surface area contributed by atoms with E-state index < -0.39 is 11.6 Å². The van der Waals surface area contributed by atoms with E-state index in [1.54, 1.807) is 19.2 Å². The van der Waals surface area contributed by atoms with E-state index in [1.165, 1.54) is 0 Å². The molecule has 3 aromatic rings. The largest absolute Gasteiger partial charge is 0.490 e. The predicted octanol–water partition coefficient (Wildman–Crippen LogP) is 4.03. The first kappa shape index (κ1) is 20.8. The first-order valence-electron chi connectivity index (χ1n) is 10.8. The van der Waals surface area contributed by atoms with Gasteiger partial charge in [-0.3, -0.25) is 0 Å². The van der Waals surface area contributed by atoms with Gasteiger partial charge in [0.15, 0.2) is 17.5 Å². The van der Waals surface area contributed by atoms with Crippen molar-refractivity contribution in [1.82, 2.24) is 20.6 Å². The SMILES string of the molecule is COC1CC(Oc2cc(F)c(F)c(-c3ccc4c(c3)CC[C@H](CCc3nn[nH]n3)O4)c2)C1. The van der Waals surface area contributed by atoms with E-state index in [0.29, 0.717) is 23.6 Å². The summed E-state index contributed by atoms with van der Waals surface area (Å²) >= 11 is 0. The van der Waals surface area contributed by atoms with Crippen molar-refractivity contribution in [2.24, 2.45) is 0 Å². The van der Waals surface area contributed by atoms with E-state index >= 15 is 0 Å². The van der Waals surface area contributed by atoms with Crippen molar-refractivity contribution in [2.45, 2.75) is 56.8 Å². The van der Waals surface area contributed by atoms with Gasteiger partial charge in [-0.05, 0) is 48.6 Å². The van der Waals surface area contributed by atoms with Gasteiger partial charge in [-0.15, -0.1) is 10.2 Å². The number of tetrazole rings is 1. The van der Waals surface area contributed by atoms with Gasteiger partial charge in [-0.2, -0.15) is 5.21 Å². The van der Waals surface area contributed by atoms with Crippen LogP contribution >= 0.6 is 0 Å². The van der Waals surface area contributed by atoms with Crippen LogP contribution in [-0.4, -0.2) is 46.0 Å². The van der Waals surface area contributed by atoms with Gasteiger partial charge < -0.3 is 14.2 Å². The Morgan fingerprint density at radius 1 is 1.16 bits per heavy atom. The minimum absolute atomic E-state index is 0.0426. The lowest BCUT2D eigenvalue weighted by Crippen LogP contribution is -2.38. The zero-order valence-electron chi connectivity index (χ0n) is 17.7. The van der Waals surface area contributed by atoms with Crippen molar-refractivity contribution < 1.29 is 23.0 Å². The summed E-state index contributed by atoms with van der Waals surface area (Å²) in [5, 5.41) is 13.9. The smallest absolute Gasteiger partial charge is 0.174 e. The van der Waals surface area contributed by atoms with Crippen LogP contribution in [-0.2, 0) is 17.6 Å². The molecule has 0 saturated heterocycles. The highest BCUT2D eigenvalue weighted by Gasteiger charge is 2.31. The van der Waals surface area contributed by atoms with Crippen molar-refractivity contribution in [3.63, 3.8) is 0 Å². The molecular formula is C23H24F2N4O3. The topological polar surface area (TPSA) is 82.2 Å². The van der Waals surface area contributed by atoms with Gasteiger partial charge in [-0.25, -0.2) is 8.78 Å². The van der Waals surface area contributed by atoms with E-state index in [-0.39, 0.29) is 23.9 Å². The first-order valence-corrected chi connectivity index (χ1v) is 10.8. The lowest BCUT2D eigenvalue weighted by molar-refractivity contribution is -0.0381. The highest BCUT2D eigenvalue weighted by molar-refractivity contribution is 5.68. The normalized spacial score (nSPS) is 22.0. The average molecular weight is 442 g/mol. The zero-order chi connectivity index (χ0) is 22.1. The van der Waals surface area contributed by atoms with Crippen molar-refractivity contribution in [3.8, 4) is 22.6 Å². The fourth-order valence-electron chi connectivity index (χ4n) is 4.23. The van der Waals surface area contributed by atoms with Crippen LogP contribution in [0.25, 0.3) is 11.1 Å². The number of H-pyrrole nitrogens is 1. The molecule has 1 saturated carbocycles. The highest BCUT2D eigenvalue weighted by atomic mass is 19.2. The Kier molecular flexibility index (Phi) is 5.73. The summed E-state index contributed by atoms with van der Waals surface area (Å²) in [6, 6.07) is 8.13. The Morgan fingerprint density at radius 2 is 2.03 bits per heavy atom. The molecule has 9 heteroatoms.